The molecule has 8 heteroatoms. The number of aromatic amines is 1. The maximum absolute atomic E-state index is 14.7. The Morgan fingerprint density at radius 3 is 2.61 bits per heavy atom. The molecule has 0 saturated heterocycles. The van der Waals surface area contributed by atoms with E-state index >= 15 is 0 Å². The number of ketones is 1. The summed E-state index contributed by atoms with van der Waals surface area (Å²) in [7, 11) is 0. The molecular weight excluding hydrogens is 366 g/mol. The number of aromatic nitrogens is 2. The highest BCUT2D eigenvalue weighted by molar-refractivity contribution is 6.19. The summed E-state index contributed by atoms with van der Waals surface area (Å²) in [5.74, 6) is -4.28. The summed E-state index contributed by atoms with van der Waals surface area (Å²) in [6.07, 6.45) is 7.25. The first kappa shape index (κ1) is 18.1. The Morgan fingerprint density at radius 1 is 1.14 bits per heavy atom. The fraction of sp³-hybridized carbons (Fsp3) is 0.250. The molecule has 0 aliphatic heterocycles. The van der Waals surface area contributed by atoms with Crippen molar-refractivity contribution in [2.24, 2.45) is 5.73 Å². The number of primary amides is 1. The molecule has 0 spiro atoms. The van der Waals surface area contributed by atoms with E-state index in [2.05, 4.69) is 15.3 Å². The summed E-state index contributed by atoms with van der Waals surface area (Å²) >= 11 is 0. The van der Waals surface area contributed by atoms with Gasteiger partial charge in [-0.05, 0) is 31.0 Å². The number of hydrogen-bond acceptors (Lipinski definition) is 4. The van der Waals surface area contributed by atoms with Gasteiger partial charge in [-0.25, -0.2) is 13.8 Å². The Hall–Kier alpha value is -3.29. The lowest BCUT2D eigenvalue weighted by Crippen LogP contribution is -2.18. The molecule has 0 unspecified atom stereocenters. The zero-order valence-electron chi connectivity index (χ0n) is 14.9. The molecule has 3 aromatic rings. The Kier molecular flexibility index (Phi) is 4.54. The van der Waals surface area contributed by atoms with Gasteiger partial charge in [-0.1, -0.05) is 12.8 Å². The molecule has 0 radical (unpaired) electrons. The molecule has 4 rings (SSSR count). The molecule has 2 aromatic heterocycles. The molecule has 4 N–H and O–H groups in total. The highest BCUT2D eigenvalue weighted by Gasteiger charge is 2.27. The summed E-state index contributed by atoms with van der Waals surface area (Å²) in [4.78, 5) is 31.5. The van der Waals surface area contributed by atoms with Crippen molar-refractivity contribution in [3.05, 3.63) is 58.9 Å². The molecule has 0 bridgehead atoms. The Balaban J connectivity index is 1.83. The number of hydrogen-bond donors (Lipinski definition) is 3. The lowest BCUT2D eigenvalue weighted by molar-refractivity contribution is 0.0996. The van der Waals surface area contributed by atoms with E-state index in [-0.39, 0.29) is 11.6 Å². The fourth-order valence-electron chi connectivity index (χ4n) is 3.73. The average molecular weight is 384 g/mol. The van der Waals surface area contributed by atoms with Crippen molar-refractivity contribution in [3.63, 3.8) is 0 Å². The third-order valence-electron chi connectivity index (χ3n) is 5.12. The van der Waals surface area contributed by atoms with Crippen LogP contribution in [-0.4, -0.2) is 27.7 Å². The van der Waals surface area contributed by atoms with E-state index in [1.54, 1.807) is 12.3 Å². The number of pyridine rings is 1. The molecule has 0 atom stereocenters. The topological polar surface area (TPSA) is 101 Å². The number of carbonyl (C=O) groups excluding carboxylic acids is 2. The van der Waals surface area contributed by atoms with Gasteiger partial charge in [0.05, 0.1) is 22.1 Å². The van der Waals surface area contributed by atoms with E-state index in [1.807, 2.05) is 0 Å². The van der Waals surface area contributed by atoms with Crippen LogP contribution in [0.5, 0.6) is 0 Å². The third kappa shape index (κ3) is 3.00. The molecule has 1 aliphatic rings. The van der Waals surface area contributed by atoms with Crippen molar-refractivity contribution in [2.45, 2.75) is 31.7 Å². The highest BCUT2D eigenvalue weighted by atomic mass is 19.1. The predicted molar refractivity (Wildman–Crippen MR) is 100 cm³/mol. The van der Waals surface area contributed by atoms with Crippen molar-refractivity contribution in [1.82, 2.24) is 9.97 Å². The Labute approximate surface area is 159 Å². The standard InChI is InChI=1S/C20H18F2N4O2/c21-13-6-5-11(19(23)28)17(22)16(13)18(27)12-9-25-20-15(12)14(7-8-24-20)26-10-3-1-2-4-10/h5-10H,1-4H2,(H2,23,28)(H2,24,25,26). The molecule has 1 aliphatic carbocycles. The first-order chi connectivity index (χ1) is 13.5. The lowest BCUT2D eigenvalue weighted by Gasteiger charge is -2.15. The molecule has 2 heterocycles. The van der Waals surface area contributed by atoms with Gasteiger partial charge >= 0.3 is 0 Å². The van der Waals surface area contributed by atoms with Gasteiger partial charge in [-0.2, -0.15) is 0 Å². The summed E-state index contributed by atoms with van der Waals surface area (Å²) in [6.45, 7) is 0. The van der Waals surface area contributed by atoms with Crippen LogP contribution in [0.2, 0.25) is 0 Å². The number of nitrogens with two attached hydrogens (primary N) is 1. The van der Waals surface area contributed by atoms with Crippen molar-refractivity contribution in [3.8, 4) is 0 Å². The molecule has 1 fully saturated rings. The summed E-state index contributed by atoms with van der Waals surface area (Å²) in [6, 6.07) is 3.79. The zero-order valence-corrected chi connectivity index (χ0v) is 14.9. The van der Waals surface area contributed by atoms with Gasteiger partial charge in [0.1, 0.15) is 17.3 Å². The first-order valence-corrected chi connectivity index (χ1v) is 9.02. The molecule has 144 valence electrons. The van der Waals surface area contributed by atoms with E-state index in [4.69, 9.17) is 5.73 Å². The van der Waals surface area contributed by atoms with E-state index in [1.165, 1.54) is 6.20 Å². The van der Waals surface area contributed by atoms with Crippen LogP contribution in [0, 0.1) is 11.6 Å². The van der Waals surface area contributed by atoms with Gasteiger partial charge in [-0.15, -0.1) is 0 Å². The highest BCUT2D eigenvalue weighted by Crippen LogP contribution is 2.31. The van der Waals surface area contributed by atoms with Gasteiger partial charge in [0.2, 0.25) is 5.78 Å². The molecule has 6 nitrogen and oxygen atoms in total. The second kappa shape index (κ2) is 7.03. The fourth-order valence-corrected chi connectivity index (χ4v) is 3.73. The molecule has 1 saturated carbocycles. The van der Waals surface area contributed by atoms with E-state index in [0.29, 0.717) is 16.7 Å². The normalized spacial score (nSPS) is 14.5. The Bertz CT molecular complexity index is 1090. The van der Waals surface area contributed by atoms with Crippen LogP contribution in [0.25, 0.3) is 11.0 Å². The quantitative estimate of drug-likeness (QED) is 0.586. The van der Waals surface area contributed by atoms with Crippen LogP contribution < -0.4 is 11.1 Å². The number of amides is 1. The van der Waals surface area contributed by atoms with E-state index in [0.717, 1.165) is 37.8 Å². The molecule has 28 heavy (non-hydrogen) atoms. The first-order valence-electron chi connectivity index (χ1n) is 9.02. The second-order valence-electron chi connectivity index (χ2n) is 6.89. The number of H-pyrrole nitrogens is 1. The van der Waals surface area contributed by atoms with Crippen LogP contribution in [0.3, 0.4) is 0 Å². The smallest absolute Gasteiger partial charge is 0.251 e. The maximum Gasteiger partial charge on any atom is 0.251 e. The van der Waals surface area contributed by atoms with E-state index < -0.39 is 34.5 Å². The number of nitrogens with one attached hydrogen (secondary N) is 2. The predicted octanol–water partition coefficient (Wildman–Crippen LogP) is 3.53. The van der Waals surface area contributed by atoms with Crippen molar-refractivity contribution < 1.29 is 18.4 Å². The van der Waals surface area contributed by atoms with Gasteiger partial charge in [0.25, 0.3) is 5.91 Å². The van der Waals surface area contributed by atoms with Crippen molar-refractivity contribution in [2.75, 3.05) is 5.32 Å². The number of nitrogens with zero attached hydrogens (tertiary/aromatic N) is 1. The third-order valence-corrected chi connectivity index (χ3v) is 5.12. The minimum absolute atomic E-state index is 0.0722. The average Bonchev–Trinajstić information content (AvgIpc) is 3.31. The number of fused-ring (bicyclic) bond motifs is 1. The van der Waals surface area contributed by atoms with Crippen molar-refractivity contribution in [1.29, 1.82) is 0 Å². The molecular formula is C20H18F2N4O2. The summed E-state index contributed by atoms with van der Waals surface area (Å²) in [5, 5.41) is 3.86. The minimum Gasteiger partial charge on any atom is -0.382 e. The van der Waals surface area contributed by atoms with E-state index in [9.17, 15) is 18.4 Å². The Morgan fingerprint density at radius 2 is 1.89 bits per heavy atom. The largest absolute Gasteiger partial charge is 0.382 e. The van der Waals surface area contributed by atoms with Gasteiger partial charge in [0, 0.05) is 24.1 Å². The molecule has 1 amide bonds. The number of benzene rings is 1. The monoisotopic (exact) mass is 384 g/mol. The van der Waals surface area contributed by atoms with Gasteiger partial charge < -0.3 is 16.0 Å². The maximum atomic E-state index is 14.7. The number of halogens is 2. The number of anilines is 1. The van der Waals surface area contributed by atoms with Gasteiger partial charge in [0.15, 0.2) is 0 Å². The van der Waals surface area contributed by atoms with Crippen LogP contribution in [-0.2, 0) is 0 Å². The minimum atomic E-state index is -1.26. The van der Waals surface area contributed by atoms with Crippen LogP contribution >= 0.6 is 0 Å². The van der Waals surface area contributed by atoms with Crippen molar-refractivity contribution >= 4 is 28.4 Å². The zero-order chi connectivity index (χ0) is 19.8. The molecule has 1 aromatic carbocycles. The SMILES string of the molecule is NC(=O)c1ccc(F)c(C(=O)c2c[nH]c3nccc(NC4CCCC4)c23)c1F. The summed E-state index contributed by atoms with van der Waals surface area (Å²) < 4.78 is 29.0. The lowest BCUT2D eigenvalue weighted by atomic mass is 9.99. The second-order valence-corrected chi connectivity index (χ2v) is 6.89. The van der Waals surface area contributed by atoms with Crippen LogP contribution in [0.4, 0.5) is 14.5 Å². The number of rotatable bonds is 5. The number of carbonyl (C=O) groups is 2. The van der Waals surface area contributed by atoms with Gasteiger partial charge in [-0.3, -0.25) is 9.59 Å². The van der Waals surface area contributed by atoms with Crippen LogP contribution in [0.1, 0.15) is 52.0 Å². The van der Waals surface area contributed by atoms with Crippen LogP contribution in [0.15, 0.2) is 30.6 Å². The summed E-state index contributed by atoms with van der Waals surface area (Å²) in [5.41, 5.74) is 4.95.